The third kappa shape index (κ3) is 3.95. The van der Waals surface area contributed by atoms with Crippen LogP contribution in [0.25, 0.3) is 0 Å². The van der Waals surface area contributed by atoms with Gasteiger partial charge in [-0.25, -0.2) is 4.79 Å². The average molecular weight is 278 g/mol. The van der Waals surface area contributed by atoms with E-state index in [4.69, 9.17) is 4.74 Å². The lowest BCUT2D eigenvalue weighted by atomic mass is 10.00. The Labute approximate surface area is 119 Å². The van der Waals surface area contributed by atoms with Crippen LogP contribution in [0, 0.1) is 0 Å². The maximum atomic E-state index is 11.3. The number of aliphatic hydroxyl groups is 1. The van der Waals surface area contributed by atoms with E-state index in [1.165, 1.54) is 16.0 Å². The molecule has 110 valence electrons. The van der Waals surface area contributed by atoms with Gasteiger partial charge in [0.25, 0.3) is 0 Å². The van der Waals surface area contributed by atoms with Gasteiger partial charge in [-0.2, -0.15) is 0 Å². The van der Waals surface area contributed by atoms with Gasteiger partial charge in [0.1, 0.15) is 12.7 Å². The number of nitrogens with zero attached hydrogens (tertiary/aromatic N) is 2. The smallest absolute Gasteiger partial charge is 0.409 e. The summed E-state index contributed by atoms with van der Waals surface area (Å²) in [6.45, 7) is 2.33. The number of carbonyl (C=O) groups excluding carboxylic acids is 1. The Morgan fingerprint density at radius 1 is 1.40 bits per heavy atom. The minimum atomic E-state index is -0.649. The molecule has 1 aliphatic heterocycles. The molecule has 0 radical (unpaired) electrons. The maximum absolute atomic E-state index is 11.3. The molecule has 5 nitrogen and oxygen atoms in total. The second-order valence-electron chi connectivity index (χ2n) is 5.38. The SMILES string of the molecule is CN(C)C(=O)OCC(O)CN1CCc2ccccc2C1. The Bertz CT molecular complexity index is 462. The van der Waals surface area contributed by atoms with Crippen LogP contribution in [0.1, 0.15) is 11.1 Å². The predicted molar refractivity (Wildman–Crippen MR) is 76.5 cm³/mol. The Hall–Kier alpha value is -1.59. The summed E-state index contributed by atoms with van der Waals surface area (Å²) in [6, 6.07) is 8.38. The highest BCUT2D eigenvalue weighted by molar-refractivity contribution is 5.66. The van der Waals surface area contributed by atoms with Gasteiger partial charge in [0, 0.05) is 33.7 Å². The Kier molecular flexibility index (Phi) is 4.98. The van der Waals surface area contributed by atoms with E-state index in [0.29, 0.717) is 6.54 Å². The van der Waals surface area contributed by atoms with Crippen molar-refractivity contribution in [2.45, 2.75) is 19.1 Å². The number of rotatable bonds is 4. The number of β-amino-alcohol motifs (C(OH)–C–C–N with tert-alkyl or cyclic N) is 1. The van der Waals surface area contributed by atoms with Crippen molar-refractivity contribution in [3.63, 3.8) is 0 Å². The van der Waals surface area contributed by atoms with E-state index in [0.717, 1.165) is 19.5 Å². The molecule has 1 atom stereocenters. The molecule has 0 aromatic heterocycles. The van der Waals surface area contributed by atoms with Crippen LogP contribution in [0.15, 0.2) is 24.3 Å². The number of benzene rings is 1. The molecule has 2 rings (SSSR count). The molecule has 0 fully saturated rings. The zero-order chi connectivity index (χ0) is 14.5. The van der Waals surface area contributed by atoms with Crippen LogP contribution in [0.3, 0.4) is 0 Å². The summed E-state index contributed by atoms with van der Waals surface area (Å²) in [6.07, 6.45) is -0.0717. The van der Waals surface area contributed by atoms with Gasteiger partial charge in [-0.1, -0.05) is 24.3 Å². The molecular formula is C15H22N2O3. The van der Waals surface area contributed by atoms with Crippen molar-refractivity contribution in [1.29, 1.82) is 0 Å². The lowest BCUT2D eigenvalue weighted by Crippen LogP contribution is -2.39. The molecule has 1 aromatic carbocycles. The lowest BCUT2D eigenvalue weighted by molar-refractivity contribution is 0.0320. The minimum absolute atomic E-state index is 0.0369. The largest absolute Gasteiger partial charge is 0.447 e. The lowest BCUT2D eigenvalue weighted by Gasteiger charge is -2.30. The van der Waals surface area contributed by atoms with Crippen LogP contribution in [0.4, 0.5) is 4.79 Å². The van der Waals surface area contributed by atoms with Crippen LogP contribution < -0.4 is 0 Å². The first-order valence-electron chi connectivity index (χ1n) is 6.87. The molecule has 1 N–H and O–H groups in total. The van der Waals surface area contributed by atoms with Gasteiger partial charge in [0.2, 0.25) is 0 Å². The van der Waals surface area contributed by atoms with Crippen LogP contribution in [0.2, 0.25) is 0 Å². The van der Waals surface area contributed by atoms with Gasteiger partial charge in [0.15, 0.2) is 0 Å². The molecular weight excluding hydrogens is 256 g/mol. The third-order valence-electron chi connectivity index (χ3n) is 3.44. The number of fused-ring (bicyclic) bond motifs is 1. The fourth-order valence-corrected chi connectivity index (χ4v) is 2.36. The highest BCUT2D eigenvalue weighted by Gasteiger charge is 2.19. The monoisotopic (exact) mass is 278 g/mol. The van der Waals surface area contributed by atoms with E-state index in [-0.39, 0.29) is 6.61 Å². The van der Waals surface area contributed by atoms with Crippen molar-refractivity contribution in [3.05, 3.63) is 35.4 Å². The first-order valence-corrected chi connectivity index (χ1v) is 6.87. The van der Waals surface area contributed by atoms with Gasteiger partial charge < -0.3 is 14.7 Å². The second-order valence-corrected chi connectivity index (χ2v) is 5.38. The van der Waals surface area contributed by atoms with E-state index in [1.807, 2.05) is 6.07 Å². The standard InChI is InChI=1S/C15H22N2O3/c1-16(2)15(19)20-11-14(18)10-17-8-7-12-5-3-4-6-13(12)9-17/h3-6,14,18H,7-11H2,1-2H3. The molecule has 1 heterocycles. The first kappa shape index (κ1) is 14.8. The second kappa shape index (κ2) is 6.72. The normalized spacial score (nSPS) is 16.4. The summed E-state index contributed by atoms with van der Waals surface area (Å²) < 4.78 is 4.99. The molecule has 0 bridgehead atoms. The van der Waals surface area contributed by atoms with Gasteiger partial charge in [0.05, 0.1) is 0 Å². The zero-order valence-corrected chi connectivity index (χ0v) is 12.1. The summed E-state index contributed by atoms with van der Waals surface area (Å²) in [7, 11) is 3.24. The Morgan fingerprint density at radius 2 is 2.10 bits per heavy atom. The van der Waals surface area contributed by atoms with Crippen molar-refractivity contribution in [2.75, 3.05) is 33.8 Å². The molecule has 5 heteroatoms. The highest BCUT2D eigenvalue weighted by atomic mass is 16.6. The van der Waals surface area contributed by atoms with Crippen molar-refractivity contribution in [1.82, 2.24) is 9.80 Å². The molecule has 1 aliphatic rings. The number of carbonyl (C=O) groups is 1. The first-order chi connectivity index (χ1) is 9.56. The van der Waals surface area contributed by atoms with Gasteiger partial charge in [-0.05, 0) is 17.5 Å². The molecule has 20 heavy (non-hydrogen) atoms. The van der Waals surface area contributed by atoms with Gasteiger partial charge in [-0.15, -0.1) is 0 Å². The summed E-state index contributed by atoms with van der Waals surface area (Å²) in [5, 5.41) is 9.94. The summed E-state index contributed by atoms with van der Waals surface area (Å²) >= 11 is 0. The molecule has 1 amide bonds. The van der Waals surface area contributed by atoms with Crippen molar-refractivity contribution >= 4 is 6.09 Å². The number of hydrogen-bond donors (Lipinski definition) is 1. The zero-order valence-electron chi connectivity index (χ0n) is 12.1. The maximum Gasteiger partial charge on any atom is 0.409 e. The van der Waals surface area contributed by atoms with Gasteiger partial charge in [-0.3, -0.25) is 4.90 Å². The number of aliphatic hydroxyl groups excluding tert-OH is 1. The van der Waals surface area contributed by atoms with Crippen LogP contribution in [-0.4, -0.2) is 60.9 Å². The minimum Gasteiger partial charge on any atom is -0.447 e. The van der Waals surface area contributed by atoms with Crippen molar-refractivity contribution < 1.29 is 14.6 Å². The van der Waals surface area contributed by atoms with E-state index in [1.54, 1.807) is 14.1 Å². The topological polar surface area (TPSA) is 53.0 Å². The van der Waals surface area contributed by atoms with Crippen molar-refractivity contribution in [2.24, 2.45) is 0 Å². The highest BCUT2D eigenvalue weighted by Crippen LogP contribution is 2.18. The predicted octanol–water partition coefficient (Wildman–Crippen LogP) is 1.10. The summed E-state index contributed by atoms with van der Waals surface area (Å²) in [5.74, 6) is 0. The molecule has 0 spiro atoms. The molecule has 1 aromatic rings. The quantitative estimate of drug-likeness (QED) is 0.896. The fraction of sp³-hybridized carbons (Fsp3) is 0.533. The number of ether oxygens (including phenoxy) is 1. The van der Waals surface area contributed by atoms with E-state index in [2.05, 4.69) is 23.1 Å². The molecule has 0 saturated carbocycles. The fourth-order valence-electron chi connectivity index (χ4n) is 2.36. The Balaban J connectivity index is 1.79. The number of amides is 1. The molecule has 1 unspecified atom stereocenters. The van der Waals surface area contributed by atoms with Crippen LogP contribution in [-0.2, 0) is 17.7 Å². The van der Waals surface area contributed by atoms with E-state index >= 15 is 0 Å². The van der Waals surface area contributed by atoms with Gasteiger partial charge >= 0.3 is 6.09 Å². The van der Waals surface area contributed by atoms with E-state index < -0.39 is 12.2 Å². The Morgan fingerprint density at radius 3 is 2.80 bits per heavy atom. The summed E-state index contributed by atoms with van der Waals surface area (Å²) in [5.41, 5.74) is 2.70. The van der Waals surface area contributed by atoms with Crippen LogP contribution >= 0.6 is 0 Å². The summed E-state index contributed by atoms with van der Waals surface area (Å²) in [4.78, 5) is 14.8. The van der Waals surface area contributed by atoms with Crippen molar-refractivity contribution in [3.8, 4) is 0 Å². The van der Waals surface area contributed by atoms with E-state index in [9.17, 15) is 9.90 Å². The van der Waals surface area contributed by atoms with Crippen LogP contribution in [0.5, 0.6) is 0 Å². The average Bonchev–Trinajstić information content (AvgIpc) is 2.44. The molecule has 0 saturated heterocycles. The number of hydrogen-bond acceptors (Lipinski definition) is 4. The molecule has 0 aliphatic carbocycles. The third-order valence-corrected chi connectivity index (χ3v) is 3.44.